The maximum absolute atomic E-state index is 5.99. The van der Waals surface area contributed by atoms with E-state index < -0.39 is 0 Å². The van der Waals surface area contributed by atoms with Crippen molar-refractivity contribution in [1.82, 2.24) is 0 Å². The van der Waals surface area contributed by atoms with Crippen molar-refractivity contribution in [3.05, 3.63) is 59.7 Å². The van der Waals surface area contributed by atoms with E-state index in [-0.39, 0.29) is 6.10 Å². The van der Waals surface area contributed by atoms with E-state index in [2.05, 4.69) is 19.1 Å². The molecule has 2 rings (SSSR count). The van der Waals surface area contributed by atoms with Gasteiger partial charge < -0.3 is 15.2 Å². The second-order valence-corrected chi connectivity index (χ2v) is 5.01. The molecule has 2 N–H and O–H groups in total. The first-order valence-corrected chi connectivity index (χ1v) is 7.36. The topological polar surface area (TPSA) is 44.5 Å². The van der Waals surface area contributed by atoms with Crippen LogP contribution in [0.1, 0.15) is 30.6 Å². The van der Waals surface area contributed by atoms with Crippen molar-refractivity contribution in [2.75, 3.05) is 13.7 Å². The van der Waals surface area contributed by atoms with Crippen LogP contribution in [0.25, 0.3) is 0 Å². The molecule has 0 aliphatic rings. The highest BCUT2D eigenvalue weighted by Gasteiger charge is 2.11. The van der Waals surface area contributed by atoms with Gasteiger partial charge in [0.2, 0.25) is 0 Å². The van der Waals surface area contributed by atoms with E-state index in [0.29, 0.717) is 6.54 Å². The molecule has 0 spiro atoms. The Morgan fingerprint density at radius 2 is 1.57 bits per heavy atom. The van der Waals surface area contributed by atoms with Crippen molar-refractivity contribution in [1.29, 1.82) is 0 Å². The Bertz CT molecular complexity index is 534. The molecule has 0 heterocycles. The van der Waals surface area contributed by atoms with E-state index in [1.54, 1.807) is 7.11 Å². The summed E-state index contributed by atoms with van der Waals surface area (Å²) in [7, 11) is 1.66. The molecule has 1 atom stereocenters. The maximum atomic E-state index is 5.99. The van der Waals surface area contributed by atoms with Gasteiger partial charge in [-0.25, -0.2) is 0 Å². The molecule has 2 aromatic carbocycles. The lowest BCUT2D eigenvalue weighted by atomic mass is 10.1. The standard InChI is InChI=1S/C18H23NO2/c1-3-4-14-5-9-17(10-6-14)21-18(13-19)15-7-11-16(20-2)12-8-15/h5-12,18H,3-4,13,19H2,1-2H3. The highest BCUT2D eigenvalue weighted by Crippen LogP contribution is 2.23. The fourth-order valence-corrected chi connectivity index (χ4v) is 2.26. The molecule has 0 saturated carbocycles. The minimum atomic E-state index is -0.145. The zero-order valence-electron chi connectivity index (χ0n) is 12.7. The van der Waals surface area contributed by atoms with Gasteiger partial charge in [0.1, 0.15) is 17.6 Å². The number of hydrogen-bond acceptors (Lipinski definition) is 3. The average molecular weight is 285 g/mol. The number of benzene rings is 2. The van der Waals surface area contributed by atoms with Gasteiger partial charge in [-0.05, 0) is 41.8 Å². The van der Waals surface area contributed by atoms with Gasteiger partial charge in [-0.15, -0.1) is 0 Å². The predicted molar refractivity (Wildman–Crippen MR) is 85.9 cm³/mol. The third-order valence-corrected chi connectivity index (χ3v) is 3.44. The summed E-state index contributed by atoms with van der Waals surface area (Å²) in [5.74, 6) is 1.68. The first-order chi connectivity index (χ1) is 10.3. The van der Waals surface area contributed by atoms with E-state index in [4.69, 9.17) is 15.2 Å². The summed E-state index contributed by atoms with van der Waals surface area (Å²) in [6.07, 6.45) is 2.10. The molecule has 0 fully saturated rings. The molecular weight excluding hydrogens is 262 g/mol. The van der Waals surface area contributed by atoms with Crippen molar-refractivity contribution < 1.29 is 9.47 Å². The lowest BCUT2D eigenvalue weighted by molar-refractivity contribution is 0.214. The third kappa shape index (κ3) is 4.23. The lowest BCUT2D eigenvalue weighted by Crippen LogP contribution is -2.18. The molecule has 0 radical (unpaired) electrons. The van der Waals surface area contributed by atoms with Crippen molar-refractivity contribution in [3.8, 4) is 11.5 Å². The minimum Gasteiger partial charge on any atom is -0.497 e. The van der Waals surface area contributed by atoms with Crippen LogP contribution >= 0.6 is 0 Å². The Balaban J connectivity index is 2.06. The van der Waals surface area contributed by atoms with E-state index in [0.717, 1.165) is 29.9 Å². The summed E-state index contributed by atoms with van der Waals surface area (Å²) >= 11 is 0. The normalized spacial score (nSPS) is 12.0. The molecule has 0 amide bonds. The van der Waals surface area contributed by atoms with Crippen LogP contribution in [0.5, 0.6) is 11.5 Å². The molecule has 0 aliphatic heterocycles. The summed E-state index contributed by atoms with van der Waals surface area (Å²) in [6.45, 7) is 2.61. The number of nitrogens with two attached hydrogens (primary N) is 1. The molecule has 2 aromatic rings. The number of methoxy groups -OCH3 is 1. The number of rotatable bonds is 7. The van der Waals surface area contributed by atoms with Crippen LogP contribution in [0, 0.1) is 0 Å². The van der Waals surface area contributed by atoms with Gasteiger partial charge >= 0.3 is 0 Å². The van der Waals surface area contributed by atoms with Crippen LogP contribution in [0.15, 0.2) is 48.5 Å². The van der Waals surface area contributed by atoms with Crippen LogP contribution in [-0.4, -0.2) is 13.7 Å². The first kappa shape index (κ1) is 15.4. The monoisotopic (exact) mass is 285 g/mol. The highest BCUT2D eigenvalue weighted by atomic mass is 16.5. The fourth-order valence-electron chi connectivity index (χ4n) is 2.26. The number of ether oxygens (including phenoxy) is 2. The second-order valence-electron chi connectivity index (χ2n) is 5.01. The molecule has 0 aromatic heterocycles. The third-order valence-electron chi connectivity index (χ3n) is 3.44. The van der Waals surface area contributed by atoms with Crippen LogP contribution in [-0.2, 0) is 6.42 Å². The van der Waals surface area contributed by atoms with E-state index >= 15 is 0 Å². The largest absolute Gasteiger partial charge is 0.497 e. The van der Waals surface area contributed by atoms with Crippen molar-refractivity contribution in [2.45, 2.75) is 25.9 Å². The molecule has 3 nitrogen and oxygen atoms in total. The van der Waals surface area contributed by atoms with Gasteiger partial charge in [0.25, 0.3) is 0 Å². The average Bonchev–Trinajstić information content (AvgIpc) is 2.54. The first-order valence-electron chi connectivity index (χ1n) is 7.36. The van der Waals surface area contributed by atoms with E-state index in [1.165, 1.54) is 5.56 Å². The summed E-state index contributed by atoms with van der Waals surface area (Å²) in [5.41, 5.74) is 8.23. The summed E-state index contributed by atoms with van der Waals surface area (Å²) in [6, 6.07) is 16.1. The summed E-state index contributed by atoms with van der Waals surface area (Å²) < 4.78 is 11.2. The van der Waals surface area contributed by atoms with E-state index in [9.17, 15) is 0 Å². The Morgan fingerprint density at radius 3 is 2.10 bits per heavy atom. The second kappa shape index (κ2) is 7.70. The molecule has 0 saturated heterocycles. The van der Waals surface area contributed by atoms with Crippen LogP contribution in [0.4, 0.5) is 0 Å². The Kier molecular flexibility index (Phi) is 5.64. The molecule has 0 aliphatic carbocycles. The zero-order valence-corrected chi connectivity index (χ0v) is 12.7. The van der Waals surface area contributed by atoms with Gasteiger partial charge in [-0.1, -0.05) is 37.6 Å². The van der Waals surface area contributed by atoms with Gasteiger partial charge in [-0.2, -0.15) is 0 Å². The lowest BCUT2D eigenvalue weighted by Gasteiger charge is -2.18. The Morgan fingerprint density at radius 1 is 0.952 bits per heavy atom. The SMILES string of the molecule is CCCc1ccc(OC(CN)c2ccc(OC)cc2)cc1. The Hall–Kier alpha value is -2.00. The predicted octanol–water partition coefficient (Wildman–Crippen LogP) is 3.73. The number of aryl methyl sites for hydroxylation is 1. The van der Waals surface area contributed by atoms with Crippen LogP contribution in [0.3, 0.4) is 0 Å². The molecular formula is C18H23NO2. The van der Waals surface area contributed by atoms with Crippen molar-refractivity contribution in [2.24, 2.45) is 5.73 Å². The molecule has 21 heavy (non-hydrogen) atoms. The van der Waals surface area contributed by atoms with Crippen molar-refractivity contribution in [3.63, 3.8) is 0 Å². The smallest absolute Gasteiger partial charge is 0.136 e. The molecule has 0 bridgehead atoms. The van der Waals surface area contributed by atoms with Crippen LogP contribution in [0.2, 0.25) is 0 Å². The molecule has 3 heteroatoms. The maximum Gasteiger partial charge on any atom is 0.136 e. The quantitative estimate of drug-likeness (QED) is 0.843. The summed E-state index contributed by atoms with van der Waals surface area (Å²) in [5, 5.41) is 0. The molecule has 112 valence electrons. The Labute approximate surface area is 126 Å². The van der Waals surface area contributed by atoms with Crippen LogP contribution < -0.4 is 15.2 Å². The number of hydrogen-bond donors (Lipinski definition) is 1. The van der Waals surface area contributed by atoms with Gasteiger partial charge in [-0.3, -0.25) is 0 Å². The van der Waals surface area contributed by atoms with E-state index in [1.807, 2.05) is 36.4 Å². The van der Waals surface area contributed by atoms with Gasteiger partial charge in [0, 0.05) is 6.54 Å². The highest BCUT2D eigenvalue weighted by molar-refractivity contribution is 5.31. The fraction of sp³-hybridized carbons (Fsp3) is 0.333. The summed E-state index contributed by atoms with van der Waals surface area (Å²) in [4.78, 5) is 0. The van der Waals surface area contributed by atoms with Gasteiger partial charge in [0.05, 0.1) is 7.11 Å². The van der Waals surface area contributed by atoms with Gasteiger partial charge in [0.15, 0.2) is 0 Å². The zero-order chi connectivity index (χ0) is 15.1. The van der Waals surface area contributed by atoms with Crippen molar-refractivity contribution >= 4 is 0 Å². The molecule has 1 unspecified atom stereocenters. The minimum absolute atomic E-state index is 0.145.